The zero-order valence-electron chi connectivity index (χ0n) is 24.1. The quantitative estimate of drug-likeness (QED) is 0.304. The average Bonchev–Trinajstić information content (AvgIpc) is 3.32. The van der Waals surface area contributed by atoms with Crippen LogP contribution in [-0.2, 0) is 11.2 Å². The number of halogens is 2. The average molecular weight is 576 g/mol. The van der Waals surface area contributed by atoms with Crippen LogP contribution >= 0.6 is 0 Å². The van der Waals surface area contributed by atoms with Gasteiger partial charge in [-0.2, -0.15) is 5.10 Å². The van der Waals surface area contributed by atoms with Gasteiger partial charge in [0, 0.05) is 43.9 Å². The summed E-state index contributed by atoms with van der Waals surface area (Å²) in [5.74, 6) is -1.60. The normalized spacial score (nSPS) is 20.6. The number of imidazole rings is 1. The molecule has 5 rings (SSSR count). The topological polar surface area (TPSA) is 127 Å². The van der Waals surface area contributed by atoms with E-state index in [9.17, 15) is 14.0 Å². The van der Waals surface area contributed by atoms with Crippen molar-refractivity contribution in [3.05, 3.63) is 83.1 Å². The summed E-state index contributed by atoms with van der Waals surface area (Å²) in [4.78, 5) is 33.1. The number of carbonyl (C=O) groups excluding carboxylic acids is 2. The van der Waals surface area contributed by atoms with E-state index in [0.29, 0.717) is 24.2 Å². The monoisotopic (exact) mass is 575 g/mol. The number of amides is 2. The molecule has 0 aliphatic heterocycles. The van der Waals surface area contributed by atoms with Gasteiger partial charge in [0.2, 0.25) is 5.91 Å². The predicted molar refractivity (Wildman–Crippen MR) is 155 cm³/mol. The fourth-order valence-electron chi connectivity index (χ4n) is 5.97. The van der Waals surface area contributed by atoms with E-state index in [1.165, 1.54) is 13.0 Å². The summed E-state index contributed by atoms with van der Waals surface area (Å²) in [5, 5.41) is 10.2. The fraction of sp³-hybridized carbons (Fsp3) is 0.387. The Morgan fingerprint density at radius 3 is 2.62 bits per heavy atom. The molecular weight excluding hydrogens is 540 g/mol. The molecule has 0 bridgehead atoms. The van der Waals surface area contributed by atoms with Crippen molar-refractivity contribution in [2.45, 2.75) is 71.0 Å². The number of nitrogens with zero attached hydrogens (tertiary/aromatic N) is 4. The third-order valence-corrected chi connectivity index (χ3v) is 7.85. The van der Waals surface area contributed by atoms with Crippen LogP contribution in [-0.4, -0.2) is 49.5 Å². The molecular formula is C31H35F2N7O2. The van der Waals surface area contributed by atoms with Crippen LogP contribution in [0.15, 0.2) is 48.9 Å². The molecule has 4 aromatic rings. The fourth-order valence-corrected chi connectivity index (χ4v) is 5.97. The highest BCUT2D eigenvalue weighted by atomic mass is 19.1. The maximum Gasteiger partial charge on any atom is 0.254 e. The van der Waals surface area contributed by atoms with Gasteiger partial charge in [0.1, 0.15) is 17.5 Å². The Bertz CT molecular complexity index is 1630. The van der Waals surface area contributed by atoms with Crippen LogP contribution in [0.3, 0.4) is 0 Å². The van der Waals surface area contributed by atoms with Gasteiger partial charge in [-0.1, -0.05) is 6.92 Å². The summed E-state index contributed by atoms with van der Waals surface area (Å²) in [6.45, 7) is 7.12. The number of aromatic nitrogens is 4. The molecule has 4 N–H and O–H groups in total. The molecule has 0 spiro atoms. The number of hydrogen-bond acceptors (Lipinski definition) is 6. The molecule has 42 heavy (non-hydrogen) atoms. The lowest BCUT2D eigenvalue weighted by molar-refractivity contribution is -0.120. The van der Waals surface area contributed by atoms with E-state index in [0.717, 1.165) is 29.7 Å². The molecule has 1 aliphatic rings. The second kappa shape index (κ2) is 11.9. The predicted octanol–water partition coefficient (Wildman–Crippen LogP) is 4.14. The van der Waals surface area contributed by atoms with E-state index in [-0.39, 0.29) is 52.7 Å². The molecule has 4 atom stereocenters. The van der Waals surface area contributed by atoms with Gasteiger partial charge in [0.15, 0.2) is 0 Å². The van der Waals surface area contributed by atoms with Crippen LogP contribution in [0.25, 0.3) is 16.8 Å². The second-order valence-electron chi connectivity index (χ2n) is 11.4. The Morgan fingerprint density at radius 1 is 1.12 bits per heavy atom. The Labute approximate surface area is 242 Å². The number of pyridine rings is 1. The minimum Gasteiger partial charge on any atom is -0.352 e. The van der Waals surface area contributed by atoms with Crippen molar-refractivity contribution in [3.63, 3.8) is 0 Å². The van der Waals surface area contributed by atoms with Crippen LogP contribution < -0.4 is 16.4 Å². The molecule has 9 nitrogen and oxygen atoms in total. The zero-order chi connectivity index (χ0) is 30.1. The number of carbonyl (C=O) groups is 2. The van der Waals surface area contributed by atoms with E-state index in [2.05, 4.69) is 32.6 Å². The number of fused-ring (bicyclic) bond motifs is 1. The summed E-state index contributed by atoms with van der Waals surface area (Å²) in [7, 11) is 0. The van der Waals surface area contributed by atoms with E-state index in [4.69, 9.17) is 5.73 Å². The summed E-state index contributed by atoms with van der Waals surface area (Å²) < 4.78 is 32.0. The number of benzene rings is 1. The van der Waals surface area contributed by atoms with Crippen molar-refractivity contribution in [1.29, 1.82) is 0 Å². The molecule has 1 aromatic carbocycles. The van der Waals surface area contributed by atoms with E-state index in [1.807, 2.05) is 6.07 Å². The first-order valence-corrected chi connectivity index (χ1v) is 14.1. The lowest BCUT2D eigenvalue weighted by Gasteiger charge is -2.39. The molecule has 220 valence electrons. The highest BCUT2D eigenvalue weighted by Gasteiger charge is 2.35. The molecule has 0 unspecified atom stereocenters. The van der Waals surface area contributed by atoms with Crippen molar-refractivity contribution >= 4 is 17.3 Å². The zero-order valence-corrected chi connectivity index (χ0v) is 24.1. The van der Waals surface area contributed by atoms with Crippen LogP contribution in [0.4, 0.5) is 8.78 Å². The molecule has 11 heteroatoms. The standard InChI is InChI=1S/C31H35F2N7O2/c1-16(2)37-31(42)23-6-7-24(32)28(29(23)33)26-8-5-21-15-36-27(40(21)39-26)13-20-14-35-10-9-22(20)19-11-17(3)30(25(34)12-19)38-18(4)41/h5-10,14-17,19,25,30H,11-13,34H2,1-4H3,(H,37,42)(H,38,41)/t17-,19+,25+,30-/m0/s1. The number of rotatable bonds is 7. The van der Waals surface area contributed by atoms with Gasteiger partial charge in [0.05, 0.1) is 28.5 Å². The van der Waals surface area contributed by atoms with Crippen molar-refractivity contribution < 1.29 is 18.4 Å². The van der Waals surface area contributed by atoms with Gasteiger partial charge in [-0.15, -0.1) is 0 Å². The second-order valence-corrected chi connectivity index (χ2v) is 11.4. The number of nitrogens with one attached hydrogen (secondary N) is 2. The molecule has 1 aliphatic carbocycles. The molecule has 0 radical (unpaired) electrons. The van der Waals surface area contributed by atoms with Gasteiger partial charge < -0.3 is 16.4 Å². The number of nitrogens with two attached hydrogens (primary N) is 1. The highest BCUT2D eigenvalue weighted by molar-refractivity contribution is 5.96. The summed E-state index contributed by atoms with van der Waals surface area (Å²) in [6.07, 6.45) is 7.13. The van der Waals surface area contributed by atoms with Crippen LogP contribution in [0.1, 0.15) is 73.8 Å². The molecule has 3 heterocycles. The van der Waals surface area contributed by atoms with Crippen molar-refractivity contribution in [2.75, 3.05) is 0 Å². The van der Waals surface area contributed by atoms with Gasteiger partial charge >= 0.3 is 0 Å². The summed E-state index contributed by atoms with van der Waals surface area (Å²) in [5.41, 5.74) is 8.62. The lowest BCUT2D eigenvalue weighted by atomic mass is 9.72. The van der Waals surface area contributed by atoms with Gasteiger partial charge in [0.25, 0.3) is 5.91 Å². The SMILES string of the molecule is CC(=O)N[C@@H]1[C@H](N)C[C@H](c2ccncc2Cc2ncc3ccc(-c4c(F)ccc(C(=O)NC(C)C)c4F)nn23)C[C@@H]1C. The van der Waals surface area contributed by atoms with E-state index < -0.39 is 17.5 Å². The molecule has 1 fully saturated rings. The molecule has 3 aromatic heterocycles. The smallest absolute Gasteiger partial charge is 0.254 e. The first kappa shape index (κ1) is 29.2. The minimum atomic E-state index is -0.975. The van der Waals surface area contributed by atoms with Crippen LogP contribution in [0, 0.1) is 17.6 Å². The Morgan fingerprint density at radius 2 is 1.90 bits per heavy atom. The largest absolute Gasteiger partial charge is 0.352 e. The van der Waals surface area contributed by atoms with E-state index >= 15 is 4.39 Å². The van der Waals surface area contributed by atoms with Gasteiger partial charge in [-0.25, -0.2) is 18.3 Å². The van der Waals surface area contributed by atoms with Crippen molar-refractivity contribution in [1.82, 2.24) is 30.2 Å². The lowest BCUT2D eigenvalue weighted by Crippen LogP contribution is -2.54. The Kier molecular flexibility index (Phi) is 8.31. The highest BCUT2D eigenvalue weighted by Crippen LogP contribution is 2.37. The minimum absolute atomic E-state index is 0.0402. The maximum absolute atomic E-state index is 15.5. The number of hydrogen-bond donors (Lipinski definition) is 3. The Balaban J connectivity index is 1.47. The van der Waals surface area contributed by atoms with Crippen LogP contribution in [0.5, 0.6) is 0 Å². The van der Waals surface area contributed by atoms with E-state index in [1.54, 1.807) is 43.0 Å². The van der Waals surface area contributed by atoms with Crippen LogP contribution in [0.2, 0.25) is 0 Å². The van der Waals surface area contributed by atoms with Crippen molar-refractivity contribution in [2.24, 2.45) is 11.7 Å². The maximum atomic E-state index is 15.5. The molecule has 1 saturated carbocycles. The summed E-state index contributed by atoms with van der Waals surface area (Å²) >= 11 is 0. The van der Waals surface area contributed by atoms with Crippen molar-refractivity contribution in [3.8, 4) is 11.3 Å². The third kappa shape index (κ3) is 5.87. The van der Waals surface area contributed by atoms with Gasteiger partial charge in [-0.3, -0.25) is 14.6 Å². The first-order chi connectivity index (χ1) is 20.0. The molecule has 0 saturated heterocycles. The first-order valence-electron chi connectivity index (χ1n) is 14.1. The van der Waals surface area contributed by atoms with Gasteiger partial charge in [-0.05, 0) is 80.0 Å². The Hall–Kier alpha value is -4.25. The summed E-state index contributed by atoms with van der Waals surface area (Å²) in [6, 6.07) is 6.91. The third-order valence-electron chi connectivity index (χ3n) is 7.85. The molecule has 2 amide bonds.